The number of carbonyl (C=O) groups excluding carboxylic acids is 2. The second-order valence-corrected chi connectivity index (χ2v) is 11.7. The van der Waals surface area contributed by atoms with Gasteiger partial charge in [-0.2, -0.15) is 4.98 Å². The van der Waals surface area contributed by atoms with E-state index in [1.165, 1.54) is 12.7 Å². The van der Waals surface area contributed by atoms with Crippen LogP contribution in [0.5, 0.6) is 0 Å². The fraction of sp³-hybridized carbons (Fsp3) is 0.643. The highest BCUT2D eigenvalue weighted by Gasteiger charge is 2.55. The SMILES string of the molecule is COC(=O)[C@H]1CC[C@H](c2nc(C3(CN(C(=O)OC(C)(C)C)[C@H]4C[C@H]4c4ccccc4)CC3)no2)CC1. The summed E-state index contributed by atoms with van der Waals surface area (Å²) in [6.45, 7) is 6.23. The molecule has 0 radical (unpaired) electrons. The van der Waals surface area contributed by atoms with Gasteiger partial charge in [0, 0.05) is 24.4 Å². The van der Waals surface area contributed by atoms with Gasteiger partial charge in [-0.05, 0) is 71.3 Å². The number of aromatic nitrogens is 2. The van der Waals surface area contributed by atoms with Crippen LogP contribution in [0.25, 0.3) is 0 Å². The number of hydrogen-bond acceptors (Lipinski definition) is 7. The molecule has 1 heterocycles. The van der Waals surface area contributed by atoms with Crippen LogP contribution in [-0.2, 0) is 19.7 Å². The molecular formula is C28H37N3O5. The molecule has 0 unspecified atom stereocenters. The highest BCUT2D eigenvalue weighted by atomic mass is 16.6. The molecule has 3 fully saturated rings. The summed E-state index contributed by atoms with van der Waals surface area (Å²) < 4.78 is 16.5. The maximum absolute atomic E-state index is 13.3. The molecule has 2 aromatic rings. The van der Waals surface area contributed by atoms with Crippen molar-refractivity contribution < 1.29 is 23.6 Å². The average molecular weight is 496 g/mol. The minimum Gasteiger partial charge on any atom is -0.469 e. The molecule has 8 nitrogen and oxygen atoms in total. The van der Waals surface area contributed by atoms with Crippen LogP contribution in [-0.4, -0.2) is 52.4 Å². The van der Waals surface area contributed by atoms with Crippen molar-refractivity contribution in [1.29, 1.82) is 0 Å². The topological polar surface area (TPSA) is 94.8 Å². The van der Waals surface area contributed by atoms with Crippen LogP contribution >= 0.6 is 0 Å². The number of hydrogen-bond donors (Lipinski definition) is 0. The molecule has 0 saturated heterocycles. The fourth-order valence-electron chi connectivity index (χ4n) is 5.51. The van der Waals surface area contributed by atoms with Crippen LogP contribution in [0.3, 0.4) is 0 Å². The molecule has 5 rings (SSSR count). The average Bonchev–Trinajstić information content (AvgIpc) is 3.78. The third kappa shape index (κ3) is 5.27. The smallest absolute Gasteiger partial charge is 0.410 e. The summed E-state index contributed by atoms with van der Waals surface area (Å²) in [6, 6.07) is 10.5. The van der Waals surface area contributed by atoms with Crippen LogP contribution in [0, 0.1) is 5.92 Å². The van der Waals surface area contributed by atoms with E-state index >= 15 is 0 Å². The summed E-state index contributed by atoms with van der Waals surface area (Å²) >= 11 is 0. The van der Waals surface area contributed by atoms with E-state index in [0.29, 0.717) is 24.2 Å². The van der Waals surface area contributed by atoms with E-state index in [9.17, 15) is 9.59 Å². The summed E-state index contributed by atoms with van der Waals surface area (Å²) in [4.78, 5) is 31.9. The first-order valence-electron chi connectivity index (χ1n) is 13.2. The Bertz CT molecular complexity index is 1080. The van der Waals surface area contributed by atoms with Gasteiger partial charge in [0.1, 0.15) is 5.60 Å². The second-order valence-electron chi connectivity index (χ2n) is 11.7. The van der Waals surface area contributed by atoms with Crippen molar-refractivity contribution in [2.75, 3.05) is 13.7 Å². The van der Waals surface area contributed by atoms with Gasteiger partial charge in [-0.25, -0.2) is 4.79 Å². The van der Waals surface area contributed by atoms with Gasteiger partial charge < -0.3 is 18.9 Å². The zero-order valence-corrected chi connectivity index (χ0v) is 21.7. The Morgan fingerprint density at radius 2 is 1.81 bits per heavy atom. The van der Waals surface area contributed by atoms with Crippen LogP contribution in [0.2, 0.25) is 0 Å². The first-order valence-corrected chi connectivity index (χ1v) is 13.2. The summed E-state index contributed by atoms with van der Waals surface area (Å²) in [7, 11) is 1.44. The van der Waals surface area contributed by atoms with E-state index in [0.717, 1.165) is 44.9 Å². The van der Waals surface area contributed by atoms with Crippen molar-refractivity contribution in [2.24, 2.45) is 5.92 Å². The Balaban J connectivity index is 1.29. The van der Waals surface area contributed by atoms with E-state index in [1.54, 1.807) is 0 Å². The molecule has 0 spiro atoms. The van der Waals surface area contributed by atoms with Crippen LogP contribution < -0.4 is 0 Å². The molecule has 0 aliphatic heterocycles. The molecule has 194 valence electrons. The molecule has 8 heteroatoms. The molecular weight excluding hydrogens is 458 g/mol. The summed E-state index contributed by atoms with van der Waals surface area (Å²) in [5.74, 6) is 1.65. The van der Waals surface area contributed by atoms with Crippen molar-refractivity contribution in [1.82, 2.24) is 15.0 Å². The van der Waals surface area contributed by atoms with Gasteiger partial charge >= 0.3 is 12.1 Å². The number of ether oxygens (including phenoxy) is 2. The predicted molar refractivity (Wildman–Crippen MR) is 132 cm³/mol. The lowest BCUT2D eigenvalue weighted by Crippen LogP contribution is -2.43. The fourth-order valence-corrected chi connectivity index (χ4v) is 5.51. The van der Waals surface area contributed by atoms with Gasteiger partial charge in [0.25, 0.3) is 0 Å². The highest BCUT2D eigenvalue weighted by molar-refractivity contribution is 5.72. The molecule has 36 heavy (non-hydrogen) atoms. The molecule has 1 amide bonds. The molecule has 3 saturated carbocycles. The molecule has 0 N–H and O–H groups in total. The van der Waals surface area contributed by atoms with Gasteiger partial charge in [0.05, 0.1) is 18.4 Å². The lowest BCUT2D eigenvalue weighted by Gasteiger charge is -2.30. The Labute approximate surface area is 212 Å². The Morgan fingerprint density at radius 1 is 1.11 bits per heavy atom. The van der Waals surface area contributed by atoms with Crippen molar-refractivity contribution >= 4 is 12.1 Å². The third-order valence-corrected chi connectivity index (χ3v) is 7.87. The van der Waals surface area contributed by atoms with Crippen molar-refractivity contribution in [3.8, 4) is 0 Å². The standard InChI is InChI=1S/C28H37N3O5/c1-27(2,3)35-26(33)31(22-16-21(22)18-8-6-5-7-9-18)17-28(14-15-28)25-29-23(36-30-25)19-10-12-20(13-11-19)24(32)34-4/h5-9,19-22H,10-17H2,1-4H3/t19-,20-,21-,22-/m0/s1. The lowest BCUT2D eigenvalue weighted by molar-refractivity contribution is -0.146. The minimum atomic E-state index is -0.564. The summed E-state index contributed by atoms with van der Waals surface area (Å²) in [5, 5.41) is 4.38. The largest absolute Gasteiger partial charge is 0.469 e. The minimum absolute atomic E-state index is 0.0399. The Hall–Kier alpha value is -2.90. The maximum atomic E-state index is 13.3. The zero-order valence-electron chi connectivity index (χ0n) is 21.7. The normalized spacial score (nSPS) is 26.7. The molecule has 1 aromatic heterocycles. The van der Waals surface area contributed by atoms with E-state index in [-0.39, 0.29) is 35.4 Å². The highest BCUT2D eigenvalue weighted by Crippen LogP contribution is 2.52. The summed E-state index contributed by atoms with van der Waals surface area (Å²) in [6.07, 6.45) is 5.71. The Morgan fingerprint density at radius 3 is 2.42 bits per heavy atom. The molecule has 3 aliphatic carbocycles. The number of amides is 1. The van der Waals surface area contributed by atoms with Crippen molar-refractivity contribution in [3.63, 3.8) is 0 Å². The first-order chi connectivity index (χ1) is 17.2. The number of rotatable bonds is 7. The molecule has 0 bridgehead atoms. The molecule has 3 aliphatic rings. The van der Waals surface area contributed by atoms with E-state index in [1.807, 2.05) is 43.9 Å². The van der Waals surface area contributed by atoms with Gasteiger partial charge in [0.2, 0.25) is 5.89 Å². The number of carbonyl (C=O) groups is 2. The van der Waals surface area contributed by atoms with Gasteiger partial charge in [-0.3, -0.25) is 4.79 Å². The second kappa shape index (κ2) is 9.52. The van der Waals surface area contributed by atoms with Crippen molar-refractivity contribution in [2.45, 2.75) is 94.6 Å². The van der Waals surface area contributed by atoms with Gasteiger partial charge in [-0.15, -0.1) is 0 Å². The monoisotopic (exact) mass is 495 g/mol. The van der Waals surface area contributed by atoms with Gasteiger partial charge in [0.15, 0.2) is 5.82 Å². The van der Waals surface area contributed by atoms with Crippen LogP contribution in [0.15, 0.2) is 34.9 Å². The van der Waals surface area contributed by atoms with Crippen LogP contribution in [0.4, 0.5) is 4.79 Å². The van der Waals surface area contributed by atoms with Crippen LogP contribution in [0.1, 0.15) is 94.8 Å². The summed E-state index contributed by atoms with van der Waals surface area (Å²) in [5.41, 5.74) is 0.405. The van der Waals surface area contributed by atoms with Crippen molar-refractivity contribution in [3.05, 3.63) is 47.6 Å². The number of benzene rings is 1. The third-order valence-electron chi connectivity index (χ3n) is 7.87. The molecule has 2 atom stereocenters. The van der Waals surface area contributed by atoms with E-state index < -0.39 is 5.60 Å². The maximum Gasteiger partial charge on any atom is 0.410 e. The zero-order chi connectivity index (χ0) is 25.5. The van der Waals surface area contributed by atoms with E-state index in [4.69, 9.17) is 19.0 Å². The van der Waals surface area contributed by atoms with E-state index in [2.05, 4.69) is 17.3 Å². The van der Waals surface area contributed by atoms with Gasteiger partial charge in [-0.1, -0.05) is 35.5 Å². The number of methoxy groups -OCH3 is 1. The molecule has 1 aromatic carbocycles. The number of nitrogens with zero attached hydrogens (tertiary/aromatic N) is 3. The first kappa shape index (κ1) is 24.8. The quantitative estimate of drug-likeness (QED) is 0.478. The predicted octanol–water partition coefficient (Wildman–Crippen LogP) is 5.34. The Kier molecular flexibility index (Phi) is 6.55. The lowest BCUT2D eigenvalue weighted by atomic mass is 9.82. The number of esters is 1.